The maximum atomic E-state index is 12.3. The van der Waals surface area contributed by atoms with Gasteiger partial charge in [-0.25, -0.2) is 14.8 Å². The Morgan fingerprint density at radius 3 is 2.43 bits per heavy atom. The van der Waals surface area contributed by atoms with Crippen molar-refractivity contribution >= 4 is 29.0 Å². The fourth-order valence-corrected chi connectivity index (χ4v) is 3.84. The molecule has 0 unspecified atom stereocenters. The number of carbonyl (C=O) groups is 2. The Hall–Kier alpha value is -2.69. The zero-order chi connectivity index (χ0) is 20.4. The average molecular weight is 414 g/mol. The number of nitrogens with zero attached hydrogens (tertiary/aromatic N) is 4. The highest BCUT2D eigenvalue weighted by molar-refractivity contribution is 7.07. The molecule has 2 aliphatic rings. The van der Waals surface area contributed by atoms with E-state index in [2.05, 4.69) is 14.9 Å². The fraction of sp³-hybridized carbons (Fsp3) is 0.412. The Labute approximate surface area is 162 Å². The molecule has 1 N–H and O–H groups in total. The minimum absolute atomic E-state index is 0.0735. The summed E-state index contributed by atoms with van der Waals surface area (Å²) in [7, 11) is 0. The molecule has 0 bridgehead atoms. The standard InChI is InChI=1S/C15H16N4OS.C2HF3O2/c20-14(12-7-21-11-17-12)18-6-4-15(8-18)9-19(10-15)13-3-1-2-5-16-13;3-2(4,5)1(6)7/h1-3,5,7,11H,4,6,8-10H2;(H,6,7). The van der Waals surface area contributed by atoms with Crippen molar-refractivity contribution in [3.05, 3.63) is 41.0 Å². The first-order valence-corrected chi connectivity index (χ1v) is 9.28. The molecular formula is C17H17F3N4O3S. The molecule has 1 amide bonds. The largest absolute Gasteiger partial charge is 0.490 e. The van der Waals surface area contributed by atoms with Crippen molar-refractivity contribution < 1.29 is 27.9 Å². The number of hydrogen-bond acceptors (Lipinski definition) is 6. The van der Waals surface area contributed by atoms with Crippen LogP contribution in [0.2, 0.25) is 0 Å². The van der Waals surface area contributed by atoms with Crippen LogP contribution in [-0.4, -0.2) is 64.2 Å². The number of alkyl halides is 3. The van der Waals surface area contributed by atoms with E-state index >= 15 is 0 Å². The second-order valence-electron chi connectivity index (χ2n) is 6.70. The van der Waals surface area contributed by atoms with Crippen LogP contribution in [0.25, 0.3) is 0 Å². The van der Waals surface area contributed by atoms with Gasteiger partial charge in [0.15, 0.2) is 0 Å². The number of pyridine rings is 1. The van der Waals surface area contributed by atoms with E-state index in [9.17, 15) is 18.0 Å². The van der Waals surface area contributed by atoms with Crippen LogP contribution < -0.4 is 4.90 Å². The predicted octanol–water partition coefficient (Wildman–Crippen LogP) is 2.52. The van der Waals surface area contributed by atoms with Crippen LogP contribution in [0.5, 0.6) is 0 Å². The zero-order valence-electron chi connectivity index (χ0n) is 14.6. The molecule has 2 aromatic rings. The molecule has 0 aromatic carbocycles. The van der Waals surface area contributed by atoms with E-state index < -0.39 is 12.1 Å². The monoisotopic (exact) mass is 414 g/mol. The highest BCUT2D eigenvalue weighted by atomic mass is 32.1. The van der Waals surface area contributed by atoms with Gasteiger partial charge in [-0.3, -0.25) is 4.79 Å². The van der Waals surface area contributed by atoms with Crippen molar-refractivity contribution in [1.82, 2.24) is 14.9 Å². The summed E-state index contributed by atoms with van der Waals surface area (Å²) in [6.45, 7) is 3.66. The molecule has 0 aliphatic carbocycles. The van der Waals surface area contributed by atoms with E-state index in [4.69, 9.17) is 9.90 Å². The van der Waals surface area contributed by atoms with Crippen molar-refractivity contribution in [2.75, 3.05) is 31.1 Å². The van der Waals surface area contributed by atoms with E-state index in [1.165, 1.54) is 11.3 Å². The normalized spacial score (nSPS) is 17.7. The summed E-state index contributed by atoms with van der Waals surface area (Å²) >= 11 is 1.47. The number of halogens is 3. The predicted molar refractivity (Wildman–Crippen MR) is 95.2 cm³/mol. The molecule has 2 fully saturated rings. The molecule has 4 rings (SSSR count). The number of carboxylic acid groups (broad SMARTS) is 1. The Bertz CT molecular complexity index is 824. The summed E-state index contributed by atoms with van der Waals surface area (Å²) in [5.41, 5.74) is 2.55. The van der Waals surface area contributed by atoms with Crippen molar-refractivity contribution in [2.45, 2.75) is 12.6 Å². The molecule has 7 nitrogen and oxygen atoms in total. The van der Waals surface area contributed by atoms with Crippen LogP contribution in [0, 0.1) is 5.41 Å². The van der Waals surface area contributed by atoms with Gasteiger partial charge in [-0.15, -0.1) is 11.3 Å². The van der Waals surface area contributed by atoms with E-state index in [1.807, 2.05) is 34.7 Å². The van der Waals surface area contributed by atoms with Crippen LogP contribution in [-0.2, 0) is 4.79 Å². The third-order valence-corrected chi connectivity index (χ3v) is 5.23. The van der Waals surface area contributed by atoms with Gasteiger partial charge in [-0.2, -0.15) is 13.2 Å². The number of thiazole rings is 1. The third kappa shape index (κ3) is 4.41. The van der Waals surface area contributed by atoms with Crippen LogP contribution in [0.4, 0.5) is 19.0 Å². The second kappa shape index (κ2) is 7.74. The SMILES string of the molecule is O=C(O)C(F)(F)F.O=C(c1cscn1)N1CCC2(C1)CN(c1ccccn1)C2. The molecule has 11 heteroatoms. The van der Waals surface area contributed by atoms with E-state index in [0.717, 1.165) is 38.4 Å². The number of anilines is 1. The third-order valence-electron chi connectivity index (χ3n) is 4.65. The van der Waals surface area contributed by atoms with Gasteiger partial charge in [0.25, 0.3) is 5.91 Å². The Morgan fingerprint density at radius 2 is 1.89 bits per heavy atom. The van der Waals surface area contributed by atoms with Gasteiger partial charge in [0.05, 0.1) is 5.51 Å². The van der Waals surface area contributed by atoms with Crippen molar-refractivity contribution in [1.29, 1.82) is 0 Å². The van der Waals surface area contributed by atoms with E-state index in [1.54, 1.807) is 5.51 Å². The molecule has 4 heterocycles. The number of carbonyl (C=O) groups excluding carboxylic acids is 1. The number of rotatable bonds is 2. The van der Waals surface area contributed by atoms with Crippen LogP contribution in [0.3, 0.4) is 0 Å². The van der Waals surface area contributed by atoms with Gasteiger partial charge < -0.3 is 14.9 Å². The first-order valence-electron chi connectivity index (χ1n) is 8.34. The molecule has 0 saturated carbocycles. The topological polar surface area (TPSA) is 86.6 Å². The summed E-state index contributed by atoms with van der Waals surface area (Å²) in [4.78, 5) is 34.0. The highest BCUT2D eigenvalue weighted by Crippen LogP contribution is 2.41. The van der Waals surface area contributed by atoms with Crippen molar-refractivity contribution in [3.63, 3.8) is 0 Å². The first-order chi connectivity index (χ1) is 13.2. The quantitative estimate of drug-likeness (QED) is 0.813. The molecular weight excluding hydrogens is 397 g/mol. The van der Waals surface area contributed by atoms with E-state index in [-0.39, 0.29) is 11.3 Å². The lowest BCUT2D eigenvalue weighted by Gasteiger charge is -2.48. The van der Waals surface area contributed by atoms with Gasteiger partial charge in [0, 0.05) is 43.2 Å². The maximum Gasteiger partial charge on any atom is 0.490 e. The summed E-state index contributed by atoms with van der Waals surface area (Å²) in [5, 5.41) is 8.95. The second-order valence-corrected chi connectivity index (χ2v) is 7.42. The maximum absolute atomic E-state index is 12.3. The fourth-order valence-electron chi connectivity index (χ4n) is 3.31. The number of aromatic nitrogens is 2. The van der Waals surface area contributed by atoms with Gasteiger partial charge >= 0.3 is 12.1 Å². The minimum Gasteiger partial charge on any atom is -0.475 e. The summed E-state index contributed by atoms with van der Waals surface area (Å²) in [6, 6.07) is 5.99. The first kappa shape index (κ1) is 20.1. The molecule has 0 atom stereocenters. The van der Waals surface area contributed by atoms with Crippen LogP contribution in [0.15, 0.2) is 35.3 Å². The zero-order valence-corrected chi connectivity index (χ0v) is 15.4. The molecule has 150 valence electrons. The Kier molecular flexibility index (Phi) is 5.54. The molecule has 2 aliphatic heterocycles. The molecule has 2 aromatic heterocycles. The van der Waals surface area contributed by atoms with Crippen molar-refractivity contribution in [2.24, 2.45) is 5.41 Å². The number of carboxylic acids is 1. The number of likely N-dealkylation sites (tertiary alicyclic amines) is 1. The molecule has 2 saturated heterocycles. The Balaban J connectivity index is 0.000000279. The minimum atomic E-state index is -5.08. The summed E-state index contributed by atoms with van der Waals surface area (Å²) in [5.74, 6) is -1.65. The lowest BCUT2D eigenvalue weighted by molar-refractivity contribution is -0.192. The van der Waals surface area contributed by atoms with Crippen LogP contribution >= 0.6 is 11.3 Å². The average Bonchev–Trinajstić information content (AvgIpc) is 3.30. The summed E-state index contributed by atoms with van der Waals surface area (Å²) < 4.78 is 31.7. The van der Waals surface area contributed by atoms with Gasteiger partial charge in [-0.1, -0.05) is 6.07 Å². The molecule has 28 heavy (non-hydrogen) atoms. The summed E-state index contributed by atoms with van der Waals surface area (Å²) in [6.07, 6.45) is -2.18. The smallest absolute Gasteiger partial charge is 0.475 e. The lowest BCUT2D eigenvalue weighted by Crippen LogP contribution is -2.58. The number of amides is 1. The van der Waals surface area contributed by atoms with E-state index in [0.29, 0.717) is 5.69 Å². The highest BCUT2D eigenvalue weighted by Gasteiger charge is 2.49. The van der Waals surface area contributed by atoms with Crippen molar-refractivity contribution in [3.8, 4) is 0 Å². The van der Waals surface area contributed by atoms with Gasteiger partial charge in [-0.05, 0) is 18.6 Å². The Morgan fingerprint density at radius 1 is 1.18 bits per heavy atom. The van der Waals surface area contributed by atoms with Crippen LogP contribution in [0.1, 0.15) is 16.9 Å². The molecule has 0 radical (unpaired) electrons. The molecule has 1 spiro atoms. The van der Waals surface area contributed by atoms with Gasteiger partial charge in [0.1, 0.15) is 11.5 Å². The van der Waals surface area contributed by atoms with Gasteiger partial charge in [0.2, 0.25) is 0 Å². The number of hydrogen-bond donors (Lipinski definition) is 1. The lowest BCUT2D eigenvalue weighted by atomic mass is 9.79. The number of aliphatic carboxylic acids is 1.